The molecular formula is C38H44ClFN4O6. The Balaban J connectivity index is 1.47. The summed E-state index contributed by atoms with van der Waals surface area (Å²) in [6, 6.07) is 15.8. The van der Waals surface area contributed by atoms with Gasteiger partial charge in [0.2, 0.25) is 17.7 Å². The number of aryl methyl sites for hydroxylation is 1. The van der Waals surface area contributed by atoms with Crippen LogP contribution in [0.3, 0.4) is 0 Å². The number of anilines is 1. The van der Waals surface area contributed by atoms with Gasteiger partial charge in [-0.3, -0.25) is 19.2 Å². The van der Waals surface area contributed by atoms with Crippen LogP contribution in [-0.4, -0.2) is 58.7 Å². The number of amides is 4. The second-order valence-electron chi connectivity index (χ2n) is 13.4. The van der Waals surface area contributed by atoms with E-state index in [-0.39, 0.29) is 43.9 Å². The molecule has 0 saturated carbocycles. The molecule has 3 N–H and O–H groups in total. The van der Waals surface area contributed by atoms with Crippen molar-refractivity contribution in [3.05, 3.63) is 99.8 Å². The maximum absolute atomic E-state index is 14.0. The van der Waals surface area contributed by atoms with Gasteiger partial charge in [0.05, 0.1) is 0 Å². The van der Waals surface area contributed by atoms with E-state index in [2.05, 4.69) is 16.0 Å². The van der Waals surface area contributed by atoms with Crippen molar-refractivity contribution < 1.29 is 33.1 Å². The molecule has 0 spiro atoms. The van der Waals surface area contributed by atoms with Crippen molar-refractivity contribution >= 4 is 46.9 Å². The number of fused-ring (bicyclic) bond motifs is 1. The Morgan fingerprint density at radius 2 is 1.66 bits per heavy atom. The summed E-state index contributed by atoms with van der Waals surface area (Å²) < 4.78 is 18.6. The van der Waals surface area contributed by atoms with E-state index in [9.17, 15) is 28.4 Å². The van der Waals surface area contributed by atoms with E-state index >= 15 is 0 Å². The van der Waals surface area contributed by atoms with E-state index in [1.165, 1.54) is 29.2 Å². The molecule has 2 atom stereocenters. The van der Waals surface area contributed by atoms with E-state index in [0.29, 0.717) is 35.7 Å². The van der Waals surface area contributed by atoms with Crippen molar-refractivity contribution in [2.45, 2.75) is 90.4 Å². The average molecular weight is 707 g/mol. The Morgan fingerprint density at radius 3 is 2.34 bits per heavy atom. The van der Waals surface area contributed by atoms with Gasteiger partial charge in [0.15, 0.2) is 5.78 Å². The van der Waals surface area contributed by atoms with E-state index < -0.39 is 41.4 Å². The monoisotopic (exact) mass is 706 g/mol. The van der Waals surface area contributed by atoms with Crippen molar-refractivity contribution in [1.29, 1.82) is 0 Å². The van der Waals surface area contributed by atoms with Crippen LogP contribution in [0.4, 0.5) is 14.9 Å². The second kappa shape index (κ2) is 17.2. The SMILES string of the molecule is Cc1cc(NC(=O)[C@H](CCCCNC(=O)OC(C)(C)C)NC(=O)C2Cc3ccccc3CN2C(=O)CCC(=O)c2ccc(F)cc2)ccc1Cl. The summed E-state index contributed by atoms with van der Waals surface area (Å²) in [5.74, 6) is -2.12. The largest absolute Gasteiger partial charge is 0.444 e. The van der Waals surface area contributed by atoms with Crippen LogP contribution in [0.5, 0.6) is 0 Å². The number of Topliss-reactive ketones (excluding diaryl/α,β-unsaturated/α-hetero) is 1. The Bertz CT molecular complexity index is 1710. The zero-order valence-corrected chi connectivity index (χ0v) is 29.6. The number of halogens is 2. The molecule has 12 heteroatoms. The van der Waals surface area contributed by atoms with Gasteiger partial charge >= 0.3 is 6.09 Å². The van der Waals surface area contributed by atoms with Crippen LogP contribution in [0.15, 0.2) is 66.7 Å². The Kier molecular flexibility index (Phi) is 13.1. The first-order valence-electron chi connectivity index (χ1n) is 16.7. The summed E-state index contributed by atoms with van der Waals surface area (Å²) in [5.41, 5.74) is 2.74. The first-order valence-corrected chi connectivity index (χ1v) is 17.1. The zero-order valence-electron chi connectivity index (χ0n) is 28.8. The highest BCUT2D eigenvalue weighted by molar-refractivity contribution is 6.31. The van der Waals surface area contributed by atoms with Crippen LogP contribution in [-0.2, 0) is 32.1 Å². The smallest absolute Gasteiger partial charge is 0.407 e. The number of nitrogens with one attached hydrogen (secondary N) is 3. The van der Waals surface area contributed by atoms with E-state index in [1.54, 1.807) is 39.0 Å². The molecule has 3 aromatic rings. The molecule has 10 nitrogen and oxygen atoms in total. The van der Waals surface area contributed by atoms with Gasteiger partial charge in [0.1, 0.15) is 23.5 Å². The van der Waals surface area contributed by atoms with Gasteiger partial charge in [-0.15, -0.1) is 0 Å². The lowest BCUT2D eigenvalue weighted by atomic mass is 9.92. The van der Waals surface area contributed by atoms with Crippen LogP contribution in [0.25, 0.3) is 0 Å². The summed E-state index contributed by atoms with van der Waals surface area (Å²) in [6.45, 7) is 7.60. The lowest BCUT2D eigenvalue weighted by Crippen LogP contribution is -2.56. The molecule has 1 aliphatic rings. The van der Waals surface area contributed by atoms with Crippen LogP contribution in [0.2, 0.25) is 5.02 Å². The van der Waals surface area contributed by atoms with Crippen molar-refractivity contribution in [3.8, 4) is 0 Å². The van der Waals surface area contributed by atoms with E-state index in [1.807, 2.05) is 31.2 Å². The number of hydrogen-bond acceptors (Lipinski definition) is 6. The van der Waals surface area contributed by atoms with Gasteiger partial charge in [0, 0.05) is 48.6 Å². The average Bonchev–Trinajstić information content (AvgIpc) is 3.06. The molecule has 0 aliphatic carbocycles. The third kappa shape index (κ3) is 11.1. The number of hydrogen-bond donors (Lipinski definition) is 3. The highest BCUT2D eigenvalue weighted by Gasteiger charge is 2.36. The third-order valence-electron chi connectivity index (χ3n) is 8.25. The molecule has 0 aromatic heterocycles. The molecule has 1 unspecified atom stereocenters. The van der Waals surface area contributed by atoms with Crippen molar-refractivity contribution in [3.63, 3.8) is 0 Å². The fraction of sp³-hybridized carbons (Fsp3) is 0.395. The summed E-state index contributed by atoms with van der Waals surface area (Å²) in [7, 11) is 0. The van der Waals surface area contributed by atoms with Crippen LogP contribution >= 0.6 is 11.6 Å². The molecule has 266 valence electrons. The fourth-order valence-corrected chi connectivity index (χ4v) is 5.75. The van der Waals surface area contributed by atoms with Crippen LogP contribution in [0.1, 0.15) is 79.9 Å². The van der Waals surface area contributed by atoms with Crippen molar-refractivity contribution in [1.82, 2.24) is 15.5 Å². The molecule has 1 aliphatic heterocycles. The second-order valence-corrected chi connectivity index (χ2v) is 13.8. The maximum Gasteiger partial charge on any atom is 0.407 e. The van der Waals surface area contributed by atoms with Gasteiger partial charge in [-0.05, 0) is 106 Å². The summed E-state index contributed by atoms with van der Waals surface area (Å²) >= 11 is 6.17. The molecule has 50 heavy (non-hydrogen) atoms. The summed E-state index contributed by atoms with van der Waals surface area (Å²) in [4.78, 5) is 67.5. The minimum atomic E-state index is -0.964. The number of carbonyl (C=O) groups is 5. The van der Waals surface area contributed by atoms with Gasteiger partial charge in [-0.2, -0.15) is 0 Å². The fourth-order valence-electron chi connectivity index (χ4n) is 5.63. The minimum Gasteiger partial charge on any atom is -0.444 e. The maximum atomic E-state index is 14.0. The number of alkyl carbamates (subject to hydrolysis) is 1. The Labute approximate surface area is 297 Å². The number of ketones is 1. The highest BCUT2D eigenvalue weighted by atomic mass is 35.5. The molecule has 0 fully saturated rings. The first-order chi connectivity index (χ1) is 23.7. The highest BCUT2D eigenvalue weighted by Crippen LogP contribution is 2.26. The van der Waals surface area contributed by atoms with Gasteiger partial charge in [0.25, 0.3) is 0 Å². The Morgan fingerprint density at radius 1 is 0.960 bits per heavy atom. The lowest BCUT2D eigenvalue weighted by Gasteiger charge is -2.37. The van der Waals surface area contributed by atoms with E-state index in [0.717, 1.165) is 16.7 Å². The number of nitrogens with zero attached hydrogens (tertiary/aromatic N) is 1. The number of unbranched alkanes of at least 4 members (excludes halogenated alkanes) is 1. The number of carbonyl (C=O) groups excluding carboxylic acids is 5. The lowest BCUT2D eigenvalue weighted by molar-refractivity contribution is -0.142. The molecule has 0 radical (unpaired) electrons. The molecule has 0 saturated heterocycles. The first kappa shape index (κ1) is 38.0. The van der Waals surface area contributed by atoms with Gasteiger partial charge < -0.3 is 25.6 Å². The normalized spacial score (nSPS) is 14.6. The summed E-state index contributed by atoms with van der Waals surface area (Å²) in [6.07, 6.45) is 0.679. The number of rotatable bonds is 13. The summed E-state index contributed by atoms with van der Waals surface area (Å²) in [5, 5.41) is 9.00. The van der Waals surface area contributed by atoms with Crippen molar-refractivity contribution in [2.24, 2.45) is 0 Å². The number of ether oxygens (including phenoxy) is 1. The van der Waals surface area contributed by atoms with E-state index in [4.69, 9.17) is 16.3 Å². The van der Waals surface area contributed by atoms with Gasteiger partial charge in [-0.1, -0.05) is 35.9 Å². The standard InChI is InChI=1S/C38H44ClFN4O6/c1-24-21-29(16-17-30(24)39)42-35(47)31(11-7-8-20-41-37(49)50-38(2,3)4)43-36(48)32-22-26-9-5-6-10-27(26)23-44(32)34(46)19-18-33(45)25-12-14-28(40)15-13-25/h5-6,9-10,12-17,21,31-32H,7-8,11,18-20,22-23H2,1-4H3,(H,41,49)(H,42,47)(H,43,48)/t31-,32?/m0/s1. The predicted molar refractivity (Wildman–Crippen MR) is 189 cm³/mol. The van der Waals surface area contributed by atoms with Crippen LogP contribution in [0, 0.1) is 12.7 Å². The molecule has 3 aromatic carbocycles. The zero-order chi connectivity index (χ0) is 36.4. The molecule has 0 bridgehead atoms. The molecular weight excluding hydrogens is 663 g/mol. The quantitative estimate of drug-likeness (QED) is 0.137. The molecule has 1 heterocycles. The minimum absolute atomic E-state index is 0.111. The molecule has 4 amide bonds. The molecule has 4 rings (SSSR count). The van der Waals surface area contributed by atoms with Crippen molar-refractivity contribution in [2.75, 3.05) is 11.9 Å². The topological polar surface area (TPSA) is 134 Å². The predicted octanol–water partition coefficient (Wildman–Crippen LogP) is 6.52. The third-order valence-corrected chi connectivity index (χ3v) is 8.67. The Hall–Kier alpha value is -4.77. The van der Waals surface area contributed by atoms with Gasteiger partial charge in [-0.25, -0.2) is 9.18 Å². The number of benzene rings is 3. The van der Waals surface area contributed by atoms with Crippen LogP contribution < -0.4 is 16.0 Å².